The van der Waals surface area contributed by atoms with Gasteiger partial charge in [0.25, 0.3) is 5.91 Å². The molecule has 0 radical (unpaired) electrons. The molecule has 0 aromatic carbocycles. The zero-order valence-corrected chi connectivity index (χ0v) is 22.2. The van der Waals surface area contributed by atoms with Crippen molar-refractivity contribution < 1.29 is 27.8 Å². The van der Waals surface area contributed by atoms with Crippen LogP contribution in [0.5, 0.6) is 0 Å². The first-order valence-electron chi connectivity index (χ1n) is 12.3. The summed E-state index contributed by atoms with van der Waals surface area (Å²) in [5.41, 5.74) is 6.72. The third-order valence-corrected chi connectivity index (χ3v) is 5.87. The third kappa shape index (κ3) is 7.37. The minimum Gasteiger partial charge on any atom is -0.441 e. The average molecular weight is 571 g/mol. The predicted molar refractivity (Wildman–Crippen MR) is 142 cm³/mol. The zero-order chi connectivity index (χ0) is 29.5. The van der Waals surface area contributed by atoms with Gasteiger partial charge in [0.1, 0.15) is 17.6 Å². The van der Waals surface area contributed by atoms with Crippen molar-refractivity contribution in [1.82, 2.24) is 30.3 Å². The van der Waals surface area contributed by atoms with Crippen LogP contribution in [0.1, 0.15) is 34.6 Å². The lowest BCUT2D eigenvalue weighted by Crippen LogP contribution is -2.39. The Bertz CT molecular complexity index is 1410. The number of hydrazine groups is 1. The number of hydrogen-bond donors (Lipinski definition) is 4. The fourth-order valence-corrected chi connectivity index (χ4v) is 3.74. The van der Waals surface area contributed by atoms with E-state index in [2.05, 4.69) is 30.6 Å². The summed E-state index contributed by atoms with van der Waals surface area (Å²) in [6.45, 7) is 3.87. The van der Waals surface area contributed by atoms with Gasteiger partial charge in [0.2, 0.25) is 11.9 Å². The quantitative estimate of drug-likeness (QED) is 0.174. The Morgan fingerprint density at radius 1 is 1.10 bits per heavy atom. The van der Waals surface area contributed by atoms with Gasteiger partial charge in [-0.3, -0.25) is 20.1 Å². The number of pyridine rings is 2. The van der Waals surface area contributed by atoms with Gasteiger partial charge < -0.3 is 25.4 Å². The molecule has 1 fully saturated rings. The number of carbonyl (C=O) groups excluding carboxylic acids is 2. The van der Waals surface area contributed by atoms with Crippen LogP contribution in [0.2, 0.25) is 0 Å². The minimum absolute atomic E-state index is 0.0387. The molecular formula is C25H28F2N10O4. The standard InChI is InChI=1S/C25H28F2N10O4/c1-14(18-9-16(26)12-31-21(18)27)41-25(39)35-22(36(2)29)20(28)19-4-3-17(13-30-19)34-23(38)15-10-32-24(33-11-15)37-5-7-40-8-6-37/h3-4,9-14H,5-8,28-29H2,1-2H3,(H,34,38)(H,35,39)/b22-20-/t14-/m1/s1. The monoisotopic (exact) mass is 570 g/mol. The van der Waals surface area contributed by atoms with Crippen LogP contribution < -0.4 is 27.1 Å². The Labute approximate surface area is 233 Å². The van der Waals surface area contributed by atoms with E-state index in [0.29, 0.717) is 44.1 Å². The molecule has 0 bridgehead atoms. The Morgan fingerprint density at radius 2 is 1.80 bits per heavy atom. The van der Waals surface area contributed by atoms with Crippen molar-refractivity contribution in [2.75, 3.05) is 43.6 Å². The second-order valence-electron chi connectivity index (χ2n) is 8.84. The molecule has 0 saturated carbocycles. The molecule has 216 valence electrons. The van der Waals surface area contributed by atoms with Gasteiger partial charge >= 0.3 is 6.09 Å². The van der Waals surface area contributed by atoms with Crippen LogP contribution in [0.15, 0.2) is 48.8 Å². The fourth-order valence-electron chi connectivity index (χ4n) is 3.74. The third-order valence-electron chi connectivity index (χ3n) is 5.87. The number of aromatic nitrogens is 4. The molecule has 3 aromatic heterocycles. The molecule has 6 N–H and O–H groups in total. The van der Waals surface area contributed by atoms with E-state index in [1.54, 1.807) is 6.07 Å². The van der Waals surface area contributed by atoms with Crippen LogP contribution in [-0.4, -0.2) is 70.3 Å². The highest BCUT2D eigenvalue weighted by atomic mass is 19.1. The zero-order valence-electron chi connectivity index (χ0n) is 22.2. The van der Waals surface area contributed by atoms with Gasteiger partial charge in [-0.05, 0) is 25.1 Å². The highest BCUT2D eigenvalue weighted by molar-refractivity contribution is 6.03. The van der Waals surface area contributed by atoms with Gasteiger partial charge in [-0.1, -0.05) is 0 Å². The number of nitrogens with one attached hydrogen (secondary N) is 2. The number of morpholine rings is 1. The summed E-state index contributed by atoms with van der Waals surface area (Å²) in [6, 6.07) is 3.92. The van der Waals surface area contributed by atoms with Crippen LogP contribution in [-0.2, 0) is 9.47 Å². The molecule has 2 amide bonds. The number of nitrogens with two attached hydrogens (primary N) is 2. The topological polar surface area (TPSA) is 187 Å². The normalized spacial score (nSPS) is 14.5. The minimum atomic E-state index is -1.18. The lowest BCUT2D eigenvalue weighted by atomic mass is 10.2. The summed E-state index contributed by atoms with van der Waals surface area (Å²) in [6.07, 6.45) is 2.72. The highest BCUT2D eigenvalue weighted by Gasteiger charge is 2.21. The molecule has 4 heterocycles. The van der Waals surface area contributed by atoms with Crippen LogP contribution in [0.25, 0.3) is 5.70 Å². The molecule has 0 unspecified atom stereocenters. The SMILES string of the molecule is C[C@@H](OC(=O)N/C(=C(/N)c1ccc(NC(=O)c2cnc(N3CCOCC3)nc2)cn1)N(C)N)c1cc(F)cnc1F. The molecular weight excluding hydrogens is 542 g/mol. The number of anilines is 2. The predicted octanol–water partition coefficient (Wildman–Crippen LogP) is 1.51. The maximum atomic E-state index is 13.9. The smallest absolute Gasteiger partial charge is 0.413 e. The Balaban J connectivity index is 1.40. The second kappa shape index (κ2) is 12.9. The van der Waals surface area contributed by atoms with E-state index in [0.717, 1.165) is 11.1 Å². The molecule has 41 heavy (non-hydrogen) atoms. The molecule has 14 nitrogen and oxygen atoms in total. The fraction of sp³-hybridized carbons (Fsp3) is 0.280. The van der Waals surface area contributed by atoms with Crippen molar-refractivity contribution in [3.8, 4) is 0 Å². The van der Waals surface area contributed by atoms with Gasteiger partial charge in [0, 0.05) is 32.5 Å². The summed E-state index contributed by atoms with van der Waals surface area (Å²) in [4.78, 5) is 43.1. The Kier molecular flexibility index (Phi) is 9.15. The van der Waals surface area contributed by atoms with E-state index in [1.807, 2.05) is 4.90 Å². The van der Waals surface area contributed by atoms with E-state index in [1.165, 1.54) is 38.6 Å². The Hall–Kier alpha value is -4.96. The molecule has 16 heteroatoms. The van der Waals surface area contributed by atoms with E-state index >= 15 is 0 Å². The van der Waals surface area contributed by atoms with Gasteiger partial charge in [0.05, 0.1) is 48.1 Å². The van der Waals surface area contributed by atoms with Crippen molar-refractivity contribution in [1.29, 1.82) is 0 Å². The molecule has 3 aromatic rings. The lowest BCUT2D eigenvalue weighted by Gasteiger charge is -2.26. The molecule has 4 rings (SSSR count). The van der Waals surface area contributed by atoms with Crippen molar-refractivity contribution in [3.63, 3.8) is 0 Å². The first-order chi connectivity index (χ1) is 19.6. The molecule has 1 aliphatic rings. The Morgan fingerprint density at radius 3 is 2.44 bits per heavy atom. The van der Waals surface area contributed by atoms with Crippen molar-refractivity contribution >= 4 is 29.3 Å². The maximum absolute atomic E-state index is 13.9. The van der Waals surface area contributed by atoms with Crippen molar-refractivity contribution in [3.05, 3.63) is 77.4 Å². The molecule has 1 atom stereocenters. The van der Waals surface area contributed by atoms with E-state index in [9.17, 15) is 18.4 Å². The van der Waals surface area contributed by atoms with Gasteiger partial charge in [0.15, 0.2) is 5.82 Å². The van der Waals surface area contributed by atoms with Crippen molar-refractivity contribution in [2.24, 2.45) is 11.6 Å². The van der Waals surface area contributed by atoms with Gasteiger partial charge in [-0.25, -0.2) is 30.0 Å². The van der Waals surface area contributed by atoms with Gasteiger partial charge in [-0.2, -0.15) is 4.39 Å². The van der Waals surface area contributed by atoms with Crippen LogP contribution >= 0.6 is 0 Å². The first kappa shape index (κ1) is 29.0. The first-order valence-corrected chi connectivity index (χ1v) is 12.3. The lowest BCUT2D eigenvalue weighted by molar-refractivity contribution is 0.102. The number of ether oxygens (including phenoxy) is 2. The van der Waals surface area contributed by atoms with E-state index in [4.69, 9.17) is 21.1 Å². The molecule has 1 saturated heterocycles. The number of alkyl carbamates (subject to hydrolysis) is 1. The van der Waals surface area contributed by atoms with Crippen LogP contribution in [0.4, 0.5) is 25.2 Å². The van der Waals surface area contributed by atoms with Crippen LogP contribution in [0, 0.1) is 11.8 Å². The van der Waals surface area contributed by atoms with E-state index < -0.39 is 29.9 Å². The number of hydrogen-bond acceptors (Lipinski definition) is 12. The van der Waals surface area contributed by atoms with E-state index in [-0.39, 0.29) is 28.3 Å². The van der Waals surface area contributed by atoms with Gasteiger partial charge in [-0.15, -0.1) is 0 Å². The number of nitrogens with zero attached hydrogens (tertiary/aromatic N) is 6. The summed E-state index contributed by atoms with van der Waals surface area (Å²) in [7, 11) is 1.41. The van der Waals surface area contributed by atoms with Crippen LogP contribution in [0.3, 0.4) is 0 Å². The number of amides is 2. The number of rotatable bonds is 8. The summed E-state index contributed by atoms with van der Waals surface area (Å²) in [5, 5.41) is 6.08. The summed E-state index contributed by atoms with van der Waals surface area (Å²) < 4.78 is 37.8. The second-order valence-corrected chi connectivity index (χ2v) is 8.84. The molecule has 0 spiro atoms. The maximum Gasteiger partial charge on any atom is 0.413 e. The largest absolute Gasteiger partial charge is 0.441 e. The average Bonchev–Trinajstić information content (AvgIpc) is 2.97. The molecule has 1 aliphatic heterocycles. The number of halogens is 2. The highest BCUT2D eigenvalue weighted by Crippen LogP contribution is 2.21. The van der Waals surface area contributed by atoms with Crippen molar-refractivity contribution in [2.45, 2.75) is 13.0 Å². The molecule has 0 aliphatic carbocycles. The summed E-state index contributed by atoms with van der Waals surface area (Å²) in [5.74, 6) is 4.05. The summed E-state index contributed by atoms with van der Waals surface area (Å²) >= 11 is 0. The number of carbonyl (C=O) groups is 2.